The van der Waals surface area contributed by atoms with Gasteiger partial charge in [0, 0.05) is 37.4 Å². The summed E-state index contributed by atoms with van der Waals surface area (Å²) in [5.41, 5.74) is 8.55. The molecule has 0 aliphatic carbocycles. The SMILES string of the molecule is NC(=O)C1CCCN(c2ccc(CNC(=O)c3cc4n(n3)CC(F)C4)cc2)C1. The Kier molecular flexibility index (Phi) is 5.02. The third kappa shape index (κ3) is 3.85. The van der Waals surface area contributed by atoms with Crippen LogP contribution in [0.15, 0.2) is 30.3 Å². The van der Waals surface area contributed by atoms with Crippen LogP contribution in [0, 0.1) is 5.92 Å². The van der Waals surface area contributed by atoms with Gasteiger partial charge in [0.15, 0.2) is 0 Å². The van der Waals surface area contributed by atoms with Crippen molar-refractivity contribution in [3.63, 3.8) is 0 Å². The first-order valence-corrected chi connectivity index (χ1v) is 9.62. The van der Waals surface area contributed by atoms with Crippen molar-refractivity contribution in [1.82, 2.24) is 15.1 Å². The maximum atomic E-state index is 13.3. The zero-order chi connectivity index (χ0) is 19.7. The smallest absolute Gasteiger partial charge is 0.272 e. The summed E-state index contributed by atoms with van der Waals surface area (Å²) in [5, 5.41) is 7.02. The molecule has 2 atom stereocenters. The summed E-state index contributed by atoms with van der Waals surface area (Å²) in [6.07, 6.45) is 1.20. The van der Waals surface area contributed by atoms with Crippen LogP contribution in [0.25, 0.3) is 0 Å². The summed E-state index contributed by atoms with van der Waals surface area (Å²) in [6, 6.07) is 9.58. The summed E-state index contributed by atoms with van der Waals surface area (Å²) >= 11 is 0. The molecule has 2 aliphatic rings. The van der Waals surface area contributed by atoms with Crippen LogP contribution >= 0.6 is 0 Å². The van der Waals surface area contributed by atoms with Gasteiger partial charge in [0.05, 0.1) is 12.5 Å². The van der Waals surface area contributed by atoms with E-state index >= 15 is 0 Å². The first kappa shape index (κ1) is 18.5. The number of nitrogens with one attached hydrogen (secondary N) is 1. The lowest BCUT2D eigenvalue weighted by atomic mass is 9.97. The molecule has 0 bridgehead atoms. The average Bonchev–Trinajstić information content (AvgIpc) is 3.24. The van der Waals surface area contributed by atoms with Crippen LogP contribution in [0.5, 0.6) is 0 Å². The van der Waals surface area contributed by atoms with E-state index in [2.05, 4.69) is 15.3 Å². The molecule has 3 heterocycles. The van der Waals surface area contributed by atoms with Gasteiger partial charge in [-0.2, -0.15) is 5.10 Å². The molecule has 148 valence electrons. The zero-order valence-electron chi connectivity index (χ0n) is 15.6. The van der Waals surface area contributed by atoms with Crippen molar-refractivity contribution in [2.75, 3.05) is 18.0 Å². The number of benzene rings is 1. The highest BCUT2D eigenvalue weighted by Crippen LogP contribution is 2.23. The number of halogens is 1. The number of nitrogens with zero attached hydrogens (tertiary/aromatic N) is 3. The molecule has 3 N–H and O–H groups in total. The van der Waals surface area contributed by atoms with E-state index in [0.717, 1.165) is 36.3 Å². The van der Waals surface area contributed by atoms with E-state index in [1.165, 1.54) is 0 Å². The molecular formula is C20H24FN5O2. The van der Waals surface area contributed by atoms with Crippen LogP contribution in [-0.4, -0.2) is 40.9 Å². The summed E-state index contributed by atoms with van der Waals surface area (Å²) in [6.45, 7) is 2.16. The Bertz CT molecular complexity index is 856. The predicted octanol–water partition coefficient (Wildman–Crippen LogP) is 1.41. The highest BCUT2D eigenvalue weighted by molar-refractivity contribution is 5.92. The maximum Gasteiger partial charge on any atom is 0.272 e. The number of carbonyl (C=O) groups excluding carboxylic acids is 2. The van der Waals surface area contributed by atoms with Gasteiger partial charge < -0.3 is 16.0 Å². The molecule has 1 aromatic heterocycles. The molecule has 0 spiro atoms. The molecule has 2 aromatic rings. The number of alkyl halides is 1. The van der Waals surface area contributed by atoms with Gasteiger partial charge in [-0.1, -0.05) is 12.1 Å². The molecule has 0 saturated carbocycles. The number of anilines is 1. The fraction of sp³-hybridized carbons (Fsp3) is 0.450. The Morgan fingerprint density at radius 1 is 1.25 bits per heavy atom. The van der Waals surface area contributed by atoms with Crippen molar-refractivity contribution in [2.45, 2.75) is 38.5 Å². The molecule has 2 aliphatic heterocycles. The second-order valence-electron chi connectivity index (χ2n) is 7.54. The number of hydrogen-bond acceptors (Lipinski definition) is 4. The highest BCUT2D eigenvalue weighted by atomic mass is 19.1. The van der Waals surface area contributed by atoms with Crippen LogP contribution < -0.4 is 16.0 Å². The van der Waals surface area contributed by atoms with Crippen LogP contribution in [0.3, 0.4) is 0 Å². The number of rotatable bonds is 5. The van der Waals surface area contributed by atoms with Crippen molar-refractivity contribution in [3.8, 4) is 0 Å². The quantitative estimate of drug-likeness (QED) is 0.814. The summed E-state index contributed by atoms with van der Waals surface area (Å²) in [7, 11) is 0. The van der Waals surface area contributed by atoms with Gasteiger partial charge in [-0.3, -0.25) is 14.3 Å². The number of fused-ring (bicyclic) bond motifs is 1. The van der Waals surface area contributed by atoms with E-state index in [-0.39, 0.29) is 24.3 Å². The number of carbonyl (C=O) groups is 2. The van der Waals surface area contributed by atoms with E-state index in [9.17, 15) is 14.0 Å². The summed E-state index contributed by atoms with van der Waals surface area (Å²) < 4.78 is 14.9. The van der Waals surface area contributed by atoms with Crippen LogP contribution in [0.4, 0.5) is 10.1 Å². The maximum absolute atomic E-state index is 13.3. The molecule has 8 heteroatoms. The number of primary amides is 1. The molecule has 1 saturated heterocycles. The van der Waals surface area contributed by atoms with Gasteiger partial charge in [0.1, 0.15) is 11.9 Å². The van der Waals surface area contributed by atoms with Gasteiger partial charge in [0.2, 0.25) is 5.91 Å². The second kappa shape index (κ2) is 7.61. The monoisotopic (exact) mass is 385 g/mol. The Labute approximate surface area is 162 Å². The van der Waals surface area contributed by atoms with Crippen molar-refractivity contribution < 1.29 is 14.0 Å². The Balaban J connectivity index is 1.33. The van der Waals surface area contributed by atoms with Crippen molar-refractivity contribution in [2.24, 2.45) is 11.7 Å². The van der Waals surface area contributed by atoms with E-state index in [1.807, 2.05) is 24.3 Å². The molecule has 1 aromatic carbocycles. The van der Waals surface area contributed by atoms with Gasteiger partial charge in [-0.25, -0.2) is 4.39 Å². The fourth-order valence-corrected chi connectivity index (χ4v) is 3.91. The molecule has 2 amide bonds. The number of aromatic nitrogens is 2. The fourth-order valence-electron chi connectivity index (χ4n) is 3.91. The minimum Gasteiger partial charge on any atom is -0.371 e. The summed E-state index contributed by atoms with van der Waals surface area (Å²) in [4.78, 5) is 25.9. The highest BCUT2D eigenvalue weighted by Gasteiger charge is 2.25. The third-order valence-electron chi connectivity index (χ3n) is 5.48. The van der Waals surface area contributed by atoms with Crippen LogP contribution in [-0.2, 0) is 24.3 Å². The molecule has 28 heavy (non-hydrogen) atoms. The van der Waals surface area contributed by atoms with E-state index in [1.54, 1.807) is 10.7 Å². The standard InChI is InChI=1S/C20H24FN5O2/c21-15-8-17-9-18(24-26(17)12-15)20(28)23-10-13-3-5-16(6-4-13)25-7-1-2-14(11-25)19(22)27/h3-6,9,14-15H,1-2,7-8,10-12H2,(H2,22,27)(H,23,28). The zero-order valence-corrected chi connectivity index (χ0v) is 15.6. The number of piperidine rings is 1. The van der Waals surface area contributed by atoms with Gasteiger partial charge in [0.25, 0.3) is 5.91 Å². The Morgan fingerprint density at radius 3 is 2.75 bits per heavy atom. The van der Waals surface area contributed by atoms with Crippen LogP contribution in [0.1, 0.15) is 34.6 Å². The lowest BCUT2D eigenvalue weighted by Gasteiger charge is -2.33. The van der Waals surface area contributed by atoms with Gasteiger partial charge in [-0.05, 0) is 36.6 Å². The van der Waals surface area contributed by atoms with Crippen LogP contribution in [0.2, 0.25) is 0 Å². The second-order valence-corrected chi connectivity index (χ2v) is 7.54. The molecular weight excluding hydrogens is 361 g/mol. The summed E-state index contributed by atoms with van der Waals surface area (Å²) in [5.74, 6) is -0.602. The molecule has 7 nitrogen and oxygen atoms in total. The Morgan fingerprint density at radius 2 is 2.04 bits per heavy atom. The van der Waals surface area contributed by atoms with Gasteiger partial charge in [-0.15, -0.1) is 0 Å². The van der Waals surface area contributed by atoms with Crippen molar-refractivity contribution in [1.29, 1.82) is 0 Å². The Hall–Kier alpha value is -2.90. The average molecular weight is 385 g/mol. The lowest BCUT2D eigenvalue weighted by molar-refractivity contribution is -0.122. The van der Waals surface area contributed by atoms with E-state index < -0.39 is 6.17 Å². The first-order chi connectivity index (χ1) is 13.5. The minimum atomic E-state index is -0.906. The number of hydrogen-bond donors (Lipinski definition) is 2. The molecule has 1 fully saturated rings. The lowest BCUT2D eigenvalue weighted by Crippen LogP contribution is -2.41. The van der Waals surface area contributed by atoms with E-state index in [0.29, 0.717) is 25.2 Å². The third-order valence-corrected chi connectivity index (χ3v) is 5.48. The topological polar surface area (TPSA) is 93.3 Å². The number of amides is 2. The normalized spacial score (nSPS) is 21.4. The first-order valence-electron chi connectivity index (χ1n) is 9.62. The predicted molar refractivity (Wildman–Crippen MR) is 103 cm³/mol. The largest absolute Gasteiger partial charge is 0.371 e. The number of nitrogens with two attached hydrogens (primary N) is 1. The van der Waals surface area contributed by atoms with Crippen molar-refractivity contribution >= 4 is 17.5 Å². The minimum absolute atomic E-state index is 0.100. The molecule has 4 rings (SSSR count). The molecule has 0 radical (unpaired) electrons. The van der Waals surface area contributed by atoms with Gasteiger partial charge >= 0.3 is 0 Å². The van der Waals surface area contributed by atoms with Crippen molar-refractivity contribution in [3.05, 3.63) is 47.3 Å². The molecule has 2 unspecified atom stereocenters. The van der Waals surface area contributed by atoms with E-state index in [4.69, 9.17) is 5.73 Å².